The number of thiol groups is 2. The molecule has 2 unspecified atom stereocenters. The van der Waals surface area contributed by atoms with E-state index in [0.29, 0.717) is 0 Å². The first-order valence-corrected chi connectivity index (χ1v) is 5.52. The number of hydrogen-bond donors (Lipinski definition) is 2. The Kier molecular flexibility index (Phi) is 4.57. The molecule has 0 saturated carbocycles. The third kappa shape index (κ3) is 2.53. The van der Waals surface area contributed by atoms with Crippen LogP contribution in [0.1, 0.15) is 5.56 Å². The molecule has 1 aliphatic carbocycles. The Balaban J connectivity index is 0.00000112. The van der Waals surface area contributed by atoms with E-state index in [2.05, 4.69) is 36.9 Å². The minimum absolute atomic E-state index is 0. The number of rotatable bonds is 1. The fourth-order valence-corrected chi connectivity index (χ4v) is 2.24. The van der Waals surface area contributed by atoms with E-state index >= 15 is 0 Å². The molecule has 79 valence electrons. The van der Waals surface area contributed by atoms with Crippen LogP contribution in [0.2, 0.25) is 0 Å². The van der Waals surface area contributed by atoms with Gasteiger partial charge in [0, 0.05) is 5.25 Å². The molecule has 0 N–H and O–H groups in total. The van der Waals surface area contributed by atoms with Crippen LogP contribution in [0.5, 0.6) is 0 Å². The molecule has 0 fully saturated rings. The Labute approximate surface area is 112 Å². The smallest absolute Gasteiger partial charge is 0.170 e. The van der Waals surface area contributed by atoms with Gasteiger partial charge in [0.2, 0.25) is 0 Å². The summed E-state index contributed by atoms with van der Waals surface area (Å²) in [6.07, 6.45) is 8.17. The molecule has 0 spiro atoms. The van der Waals surface area contributed by atoms with E-state index < -0.39 is 0 Å². The van der Waals surface area contributed by atoms with Crippen LogP contribution in [0.3, 0.4) is 0 Å². The zero-order chi connectivity index (χ0) is 10.0. The zero-order valence-corrected chi connectivity index (χ0v) is 10.8. The third-order valence-electron chi connectivity index (χ3n) is 2.44. The van der Waals surface area contributed by atoms with Crippen molar-refractivity contribution < 1.29 is 16.5 Å². The van der Waals surface area contributed by atoms with Crippen molar-refractivity contribution in [2.75, 3.05) is 0 Å². The summed E-state index contributed by atoms with van der Waals surface area (Å²) in [7, 11) is 0. The van der Waals surface area contributed by atoms with Gasteiger partial charge in [-0.3, -0.25) is 0 Å². The van der Waals surface area contributed by atoms with Crippen LogP contribution in [0.25, 0.3) is 0 Å². The molecule has 2 atom stereocenters. The maximum Gasteiger partial charge on any atom is 3.00 e. The molecular formula is C12H12NiS2+3. The number of benzene rings is 1. The van der Waals surface area contributed by atoms with Crippen LogP contribution in [-0.2, 0) is 21.2 Å². The van der Waals surface area contributed by atoms with Crippen molar-refractivity contribution in [2.24, 2.45) is 0 Å². The van der Waals surface area contributed by atoms with Gasteiger partial charge < -0.3 is 0 Å². The van der Waals surface area contributed by atoms with Crippen molar-refractivity contribution in [3.8, 4) is 0 Å². The minimum Gasteiger partial charge on any atom is -0.170 e. The van der Waals surface area contributed by atoms with E-state index in [9.17, 15) is 0 Å². The monoisotopic (exact) mass is 278 g/mol. The molecule has 1 aliphatic rings. The second-order valence-electron chi connectivity index (χ2n) is 3.38. The molecule has 3 heteroatoms. The van der Waals surface area contributed by atoms with Crippen molar-refractivity contribution in [2.45, 2.75) is 10.00 Å². The maximum absolute atomic E-state index is 4.72. The second kappa shape index (κ2) is 5.29. The van der Waals surface area contributed by atoms with Crippen LogP contribution in [-0.4, -0.2) is 5.25 Å². The molecule has 0 aliphatic heterocycles. The second-order valence-corrected chi connectivity index (χ2v) is 4.68. The van der Waals surface area contributed by atoms with Gasteiger partial charge in [0.05, 0.1) is 4.75 Å². The first kappa shape index (κ1) is 13.0. The van der Waals surface area contributed by atoms with Crippen LogP contribution in [0.4, 0.5) is 0 Å². The Morgan fingerprint density at radius 3 is 2.33 bits per heavy atom. The topological polar surface area (TPSA) is 0 Å². The Hall–Kier alpha value is -0.106. The van der Waals surface area contributed by atoms with Crippen molar-refractivity contribution in [3.05, 3.63) is 60.2 Å². The van der Waals surface area contributed by atoms with Gasteiger partial charge in [0.25, 0.3) is 0 Å². The van der Waals surface area contributed by atoms with Crippen molar-refractivity contribution in [3.63, 3.8) is 0 Å². The number of allylic oxidation sites excluding steroid dienone is 2. The summed E-state index contributed by atoms with van der Waals surface area (Å²) in [5.41, 5.74) is 1.18. The van der Waals surface area contributed by atoms with E-state index in [4.69, 9.17) is 12.6 Å². The summed E-state index contributed by atoms with van der Waals surface area (Å²) in [5, 5.41) is 0.123. The van der Waals surface area contributed by atoms with E-state index in [1.165, 1.54) is 5.56 Å². The van der Waals surface area contributed by atoms with Crippen LogP contribution < -0.4 is 0 Å². The third-order valence-corrected chi connectivity index (χ3v) is 3.91. The number of hydrogen-bond acceptors (Lipinski definition) is 2. The molecule has 1 aromatic carbocycles. The molecule has 0 bridgehead atoms. The van der Waals surface area contributed by atoms with Crippen molar-refractivity contribution in [1.82, 2.24) is 0 Å². The van der Waals surface area contributed by atoms with Gasteiger partial charge in [0.1, 0.15) is 0 Å². The first-order valence-electron chi connectivity index (χ1n) is 4.55. The summed E-state index contributed by atoms with van der Waals surface area (Å²) in [6, 6.07) is 10.2. The fourth-order valence-electron chi connectivity index (χ4n) is 1.59. The van der Waals surface area contributed by atoms with E-state index in [-0.39, 0.29) is 26.5 Å². The quantitative estimate of drug-likeness (QED) is 0.572. The Bertz CT molecular complexity index is 372. The summed E-state index contributed by atoms with van der Waals surface area (Å²) < 4.78 is -0.279. The van der Waals surface area contributed by atoms with Gasteiger partial charge in [-0.05, 0) is 5.56 Å². The van der Waals surface area contributed by atoms with E-state index in [0.717, 1.165) is 0 Å². The summed E-state index contributed by atoms with van der Waals surface area (Å²) in [5.74, 6) is 0. The Morgan fingerprint density at radius 1 is 1.07 bits per heavy atom. The van der Waals surface area contributed by atoms with Gasteiger partial charge in [-0.1, -0.05) is 54.6 Å². The van der Waals surface area contributed by atoms with Gasteiger partial charge >= 0.3 is 16.5 Å². The normalized spacial score (nSPS) is 28.5. The summed E-state index contributed by atoms with van der Waals surface area (Å²) in [4.78, 5) is 0. The summed E-state index contributed by atoms with van der Waals surface area (Å²) in [6.45, 7) is 0. The van der Waals surface area contributed by atoms with Crippen LogP contribution >= 0.6 is 25.3 Å². The largest absolute Gasteiger partial charge is 3.00 e. The average molecular weight is 279 g/mol. The summed E-state index contributed by atoms with van der Waals surface area (Å²) >= 11 is 9.26. The SMILES string of the molecule is SC1C=CC=CC1(S)c1ccccc1.[Ni+3]. The van der Waals surface area contributed by atoms with E-state index in [1.807, 2.05) is 30.4 Å². The fraction of sp³-hybridized carbons (Fsp3) is 0.167. The molecule has 0 nitrogen and oxygen atoms in total. The molecule has 15 heavy (non-hydrogen) atoms. The van der Waals surface area contributed by atoms with Gasteiger partial charge in [0.15, 0.2) is 0 Å². The average Bonchev–Trinajstić information content (AvgIpc) is 2.24. The van der Waals surface area contributed by atoms with Crippen molar-refractivity contribution in [1.29, 1.82) is 0 Å². The minimum atomic E-state index is -0.279. The molecule has 0 saturated heterocycles. The van der Waals surface area contributed by atoms with Gasteiger partial charge in [-0.2, -0.15) is 25.3 Å². The van der Waals surface area contributed by atoms with Gasteiger partial charge in [-0.25, -0.2) is 0 Å². The van der Waals surface area contributed by atoms with Gasteiger partial charge in [-0.15, -0.1) is 0 Å². The predicted octanol–water partition coefficient (Wildman–Crippen LogP) is 3.23. The molecule has 0 amide bonds. The van der Waals surface area contributed by atoms with Crippen LogP contribution in [0.15, 0.2) is 54.6 Å². The first-order chi connectivity index (χ1) is 6.73. The molecular weight excluding hydrogens is 267 g/mol. The Morgan fingerprint density at radius 2 is 1.73 bits per heavy atom. The molecule has 1 aromatic rings. The zero-order valence-electron chi connectivity index (χ0n) is 7.98. The standard InChI is InChI=1S/C12H12S2.Ni/c13-11-8-4-5-9-12(11,14)10-6-2-1-3-7-10;/h1-9,11,13-14H;/q;+3. The van der Waals surface area contributed by atoms with E-state index in [1.54, 1.807) is 0 Å². The molecule has 0 heterocycles. The van der Waals surface area contributed by atoms with Crippen LogP contribution in [0, 0.1) is 0 Å². The van der Waals surface area contributed by atoms with Crippen molar-refractivity contribution >= 4 is 25.3 Å². The predicted molar refractivity (Wildman–Crippen MR) is 68.2 cm³/mol. The maximum atomic E-state index is 4.72. The molecule has 1 radical (unpaired) electrons. The molecule has 2 rings (SSSR count). The molecule has 0 aromatic heterocycles.